The molecule has 1 aliphatic heterocycles. The molecule has 0 radical (unpaired) electrons. The van der Waals surface area contributed by atoms with Crippen LogP contribution in [0.15, 0.2) is 29.1 Å². The predicted molar refractivity (Wildman–Crippen MR) is 95.8 cm³/mol. The summed E-state index contributed by atoms with van der Waals surface area (Å²) >= 11 is 1.50. The van der Waals surface area contributed by atoms with Crippen molar-refractivity contribution < 1.29 is 19.1 Å². The number of esters is 1. The lowest BCUT2D eigenvalue weighted by atomic mass is 10.1. The van der Waals surface area contributed by atoms with Crippen molar-refractivity contribution in [2.75, 3.05) is 11.5 Å². The van der Waals surface area contributed by atoms with E-state index in [1.165, 1.54) is 16.2 Å². The van der Waals surface area contributed by atoms with Crippen LogP contribution in [0.3, 0.4) is 0 Å². The Kier molecular flexibility index (Phi) is 5.03. The van der Waals surface area contributed by atoms with Gasteiger partial charge in [0.05, 0.1) is 23.0 Å². The fraction of sp³-hybridized carbons (Fsp3) is 0.389. The van der Waals surface area contributed by atoms with Crippen LogP contribution in [0.25, 0.3) is 11.3 Å². The molecule has 7 heteroatoms. The number of hydrogen-bond acceptors (Lipinski definition) is 6. The summed E-state index contributed by atoms with van der Waals surface area (Å²) in [6.07, 6.45) is 0.219. The van der Waals surface area contributed by atoms with E-state index in [2.05, 4.69) is 4.98 Å². The first-order valence-electron chi connectivity index (χ1n) is 8.19. The Morgan fingerprint density at radius 2 is 2.24 bits per heavy atom. The molecule has 3 rings (SSSR count). The van der Waals surface area contributed by atoms with Gasteiger partial charge in [-0.1, -0.05) is 6.92 Å². The number of ether oxygens (including phenoxy) is 2. The molecule has 1 aliphatic rings. The Labute approximate surface area is 150 Å². The number of hydrogen-bond donors (Lipinski definition) is 0. The van der Waals surface area contributed by atoms with Crippen LogP contribution in [0.4, 0.5) is 5.69 Å². The van der Waals surface area contributed by atoms with Gasteiger partial charge in [0.2, 0.25) is 0 Å². The summed E-state index contributed by atoms with van der Waals surface area (Å²) in [5, 5.41) is 1.93. The smallest absolute Gasteiger partial charge is 0.329 e. The summed E-state index contributed by atoms with van der Waals surface area (Å²) in [6, 6.07) is 4.87. The molecule has 0 N–H and O–H groups in total. The Morgan fingerprint density at radius 3 is 2.88 bits per heavy atom. The molecule has 1 aromatic carbocycles. The minimum atomic E-state index is -0.678. The van der Waals surface area contributed by atoms with Crippen LogP contribution in [0.2, 0.25) is 0 Å². The molecule has 0 bridgehead atoms. The SMILES string of the molecule is CCC(C(=O)OC(C)C)N1C(=O)COc2ccc(-c3cscn3)cc21. The molecule has 1 atom stereocenters. The van der Waals surface area contributed by atoms with Crippen molar-refractivity contribution in [1.29, 1.82) is 0 Å². The number of carbonyl (C=O) groups is 2. The van der Waals surface area contributed by atoms with Gasteiger partial charge in [0.1, 0.15) is 11.8 Å². The quantitative estimate of drug-likeness (QED) is 0.766. The molecule has 1 aromatic heterocycles. The van der Waals surface area contributed by atoms with Crippen LogP contribution < -0.4 is 9.64 Å². The van der Waals surface area contributed by atoms with E-state index in [0.717, 1.165) is 11.3 Å². The molecule has 2 aromatic rings. The third-order valence-corrected chi connectivity index (χ3v) is 4.48. The number of benzene rings is 1. The summed E-state index contributed by atoms with van der Waals surface area (Å²) in [4.78, 5) is 30.8. The fourth-order valence-electron chi connectivity index (χ4n) is 2.79. The Morgan fingerprint density at radius 1 is 1.44 bits per heavy atom. The first kappa shape index (κ1) is 17.4. The Hall–Kier alpha value is -2.41. The third-order valence-electron chi connectivity index (χ3n) is 3.89. The number of fused-ring (bicyclic) bond motifs is 1. The largest absolute Gasteiger partial charge is 0.482 e. The van der Waals surface area contributed by atoms with Gasteiger partial charge in [-0.25, -0.2) is 9.78 Å². The number of rotatable bonds is 5. The second-order valence-electron chi connectivity index (χ2n) is 6.02. The highest BCUT2D eigenvalue weighted by Gasteiger charge is 2.36. The van der Waals surface area contributed by atoms with Gasteiger partial charge in [-0.3, -0.25) is 9.69 Å². The minimum absolute atomic E-state index is 0.0888. The fourth-order valence-corrected chi connectivity index (χ4v) is 3.35. The molecule has 0 saturated carbocycles. The van der Waals surface area contributed by atoms with E-state index in [-0.39, 0.29) is 18.6 Å². The van der Waals surface area contributed by atoms with Gasteiger partial charge in [0.25, 0.3) is 5.91 Å². The van der Waals surface area contributed by atoms with Gasteiger partial charge >= 0.3 is 5.97 Å². The first-order chi connectivity index (χ1) is 12.0. The number of nitrogens with zero attached hydrogens (tertiary/aromatic N) is 2. The first-order valence-corrected chi connectivity index (χ1v) is 9.13. The van der Waals surface area contributed by atoms with Gasteiger partial charge in [0, 0.05) is 10.9 Å². The second-order valence-corrected chi connectivity index (χ2v) is 6.74. The maximum atomic E-state index is 12.5. The van der Waals surface area contributed by atoms with Crippen LogP contribution in [0, 0.1) is 0 Å². The van der Waals surface area contributed by atoms with Crippen LogP contribution in [-0.4, -0.2) is 35.6 Å². The molecule has 0 aliphatic carbocycles. The molecule has 6 nitrogen and oxygen atoms in total. The molecule has 0 saturated heterocycles. The minimum Gasteiger partial charge on any atom is -0.482 e. The maximum Gasteiger partial charge on any atom is 0.329 e. The van der Waals surface area contributed by atoms with E-state index in [4.69, 9.17) is 9.47 Å². The summed E-state index contributed by atoms with van der Waals surface area (Å²) < 4.78 is 10.9. The Balaban J connectivity index is 2.01. The molecule has 132 valence electrons. The monoisotopic (exact) mass is 360 g/mol. The topological polar surface area (TPSA) is 68.7 Å². The van der Waals surface area contributed by atoms with E-state index in [1.807, 2.05) is 30.5 Å². The molecule has 25 heavy (non-hydrogen) atoms. The van der Waals surface area contributed by atoms with Crippen molar-refractivity contribution in [3.8, 4) is 17.0 Å². The molecular weight excluding hydrogens is 340 g/mol. The van der Waals surface area contributed by atoms with Crippen molar-refractivity contribution in [2.45, 2.75) is 39.3 Å². The summed E-state index contributed by atoms with van der Waals surface area (Å²) in [5.74, 6) is -0.0809. The van der Waals surface area contributed by atoms with Gasteiger partial charge in [0.15, 0.2) is 6.61 Å². The maximum absolute atomic E-state index is 12.5. The van der Waals surface area contributed by atoms with Crippen LogP contribution in [0.1, 0.15) is 27.2 Å². The standard InChI is InChI=1S/C18H20N2O4S/c1-4-14(18(22)24-11(2)3)20-15-7-12(13-9-25-10-19-13)5-6-16(15)23-8-17(20)21/h5-7,9-11,14H,4,8H2,1-3H3. The average Bonchev–Trinajstić information content (AvgIpc) is 3.11. The van der Waals surface area contributed by atoms with Crippen molar-refractivity contribution in [1.82, 2.24) is 4.98 Å². The zero-order chi connectivity index (χ0) is 18.0. The van der Waals surface area contributed by atoms with E-state index in [0.29, 0.717) is 17.9 Å². The lowest BCUT2D eigenvalue weighted by molar-refractivity contribution is -0.150. The van der Waals surface area contributed by atoms with Crippen molar-refractivity contribution in [3.63, 3.8) is 0 Å². The van der Waals surface area contributed by atoms with Crippen molar-refractivity contribution in [3.05, 3.63) is 29.1 Å². The second kappa shape index (κ2) is 7.23. The lowest BCUT2D eigenvalue weighted by Gasteiger charge is -2.34. The summed E-state index contributed by atoms with van der Waals surface area (Å²) in [6.45, 7) is 5.35. The van der Waals surface area contributed by atoms with E-state index in [1.54, 1.807) is 19.4 Å². The zero-order valence-corrected chi connectivity index (χ0v) is 15.2. The van der Waals surface area contributed by atoms with Gasteiger partial charge in [-0.2, -0.15) is 0 Å². The number of carbonyl (C=O) groups excluding carboxylic acids is 2. The predicted octanol–water partition coefficient (Wildman–Crippen LogP) is 3.27. The van der Waals surface area contributed by atoms with Gasteiger partial charge in [-0.05, 0) is 38.5 Å². The van der Waals surface area contributed by atoms with Gasteiger partial charge < -0.3 is 9.47 Å². The third kappa shape index (κ3) is 3.51. The number of anilines is 1. The van der Waals surface area contributed by atoms with Crippen LogP contribution in [0.5, 0.6) is 5.75 Å². The highest BCUT2D eigenvalue weighted by Crippen LogP contribution is 2.37. The number of amides is 1. The molecule has 0 fully saturated rings. The van der Waals surface area contributed by atoms with Crippen molar-refractivity contribution >= 4 is 28.9 Å². The van der Waals surface area contributed by atoms with Crippen LogP contribution in [-0.2, 0) is 14.3 Å². The highest BCUT2D eigenvalue weighted by molar-refractivity contribution is 7.07. The van der Waals surface area contributed by atoms with E-state index >= 15 is 0 Å². The van der Waals surface area contributed by atoms with Crippen molar-refractivity contribution in [2.24, 2.45) is 0 Å². The molecule has 0 spiro atoms. The molecule has 1 unspecified atom stereocenters. The molecule has 2 heterocycles. The number of aromatic nitrogens is 1. The molecule has 1 amide bonds. The summed E-state index contributed by atoms with van der Waals surface area (Å²) in [5.41, 5.74) is 4.02. The van der Waals surface area contributed by atoms with E-state index in [9.17, 15) is 9.59 Å². The molecular formula is C18H20N2O4S. The lowest BCUT2D eigenvalue weighted by Crippen LogP contribution is -2.50. The average molecular weight is 360 g/mol. The van der Waals surface area contributed by atoms with Crippen LogP contribution >= 0.6 is 11.3 Å². The number of thiazole rings is 1. The Bertz CT molecular complexity index is 773. The zero-order valence-electron chi connectivity index (χ0n) is 14.4. The normalized spacial score (nSPS) is 14.9. The van der Waals surface area contributed by atoms with Gasteiger partial charge in [-0.15, -0.1) is 11.3 Å². The summed E-state index contributed by atoms with van der Waals surface area (Å²) in [7, 11) is 0. The van der Waals surface area contributed by atoms with E-state index < -0.39 is 12.0 Å². The highest BCUT2D eigenvalue weighted by atomic mass is 32.1.